The van der Waals surface area contributed by atoms with Gasteiger partial charge in [-0.05, 0) is 70.8 Å². The maximum absolute atomic E-state index is 10.4. The Morgan fingerprint density at radius 2 is 0.846 bits per heavy atom. The molecule has 0 fully saturated rings. The summed E-state index contributed by atoms with van der Waals surface area (Å²) in [6.07, 6.45) is -0.770. The van der Waals surface area contributed by atoms with E-state index in [9.17, 15) is 10.2 Å². The summed E-state index contributed by atoms with van der Waals surface area (Å²) in [6, 6.07) is 31.3. The molecule has 0 aliphatic rings. The van der Waals surface area contributed by atoms with Gasteiger partial charge in [-0.1, -0.05) is 76.2 Å². The Kier molecular flexibility index (Phi) is 8.51. The lowest BCUT2D eigenvalue weighted by Gasteiger charge is -2.26. The lowest BCUT2D eigenvalue weighted by atomic mass is 9.78. The van der Waals surface area contributed by atoms with Crippen LogP contribution in [0.1, 0.15) is 49.9 Å². The van der Waals surface area contributed by atoms with Gasteiger partial charge in [0.25, 0.3) is 0 Å². The number of aliphatic hydroxyl groups excluding tert-OH is 1. The number of methoxy groups -OCH3 is 1. The van der Waals surface area contributed by atoms with E-state index in [4.69, 9.17) is 14.2 Å². The number of hydrogen-bond acceptors (Lipinski definition) is 5. The van der Waals surface area contributed by atoms with E-state index in [1.807, 2.05) is 60.7 Å². The van der Waals surface area contributed by atoms with Crippen LogP contribution in [0.5, 0.6) is 23.0 Å². The molecule has 0 aliphatic carbocycles. The minimum absolute atomic E-state index is 0.128. The third kappa shape index (κ3) is 6.73. The van der Waals surface area contributed by atoms with Crippen LogP contribution in [0.25, 0.3) is 0 Å². The predicted molar refractivity (Wildman–Crippen MR) is 155 cm³/mol. The summed E-state index contributed by atoms with van der Waals surface area (Å²) < 4.78 is 16.9. The van der Waals surface area contributed by atoms with Gasteiger partial charge in [-0.15, -0.1) is 0 Å². The van der Waals surface area contributed by atoms with Gasteiger partial charge in [-0.2, -0.15) is 0 Å². The summed E-state index contributed by atoms with van der Waals surface area (Å²) in [4.78, 5) is 0. The molecule has 1 unspecified atom stereocenters. The number of phenols is 1. The zero-order valence-corrected chi connectivity index (χ0v) is 23.3. The van der Waals surface area contributed by atoms with Crippen molar-refractivity contribution >= 4 is 0 Å². The van der Waals surface area contributed by atoms with Crippen LogP contribution in [0, 0.1) is 0 Å². The van der Waals surface area contributed by atoms with Crippen molar-refractivity contribution in [2.45, 2.75) is 44.6 Å². The molecule has 5 nitrogen and oxygen atoms in total. The lowest BCUT2D eigenvalue weighted by Crippen LogP contribution is -2.25. The van der Waals surface area contributed by atoms with Crippen LogP contribution in [0.3, 0.4) is 0 Å². The van der Waals surface area contributed by atoms with Crippen molar-refractivity contribution in [1.29, 1.82) is 0 Å². The Morgan fingerprint density at radius 1 is 0.538 bits per heavy atom. The number of phenolic OH excluding ortho intramolecular Hbond substituents is 1. The second-order valence-electron chi connectivity index (χ2n) is 10.8. The molecule has 39 heavy (non-hydrogen) atoms. The van der Waals surface area contributed by atoms with E-state index in [0.29, 0.717) is 11.5 Å². The summed E-state index contributed by atoms with van der Waals surface area (Å²) in [5.74, 6) is 2.48. The first-order valence-electron chi connectivity index (χ1n) is 13.2. The maximum atomic E-state index is 10.4. The summed E-state index contributed by atoms with van der Waals surface area (Å²) >= 11 is 0. The summed E-state index contributed by atoms with van der Waals surface area (Å²) in [5.41, 5.74) is 4.20. The van der Waals surface area contributed by atoms with Crippen molar-refractivity contribution in [3.05, 3.63) is 119 Å². The van der Waals surface area contributed by atoms with Gasteiger partial charge in [-0.3, -0.25) is 0 Å². The van der Waals surface area contributed by atoms with Crippen LogP contribution in [0.2, 0.25) is 0 Å². The van der Waals surface area contributed by atoms with Crippen LogP contribution < -0.4 is 14.2 Å². The molecule has 0 aromatic heterocycles. The van der Waals surface area contributed by atoms with Crippen LogP contribution in [-0.4, -0.2) is 36.6 Å². The van der Waals surface area contributed by atoms with Crippen LogP contribution in [0.15, 0.2) is 97.1 Å². The Hall–Kier alpha value is -3.96. The van der Waals surface area contributed by atoms with Crippen LogP contribution in [-0.2, 0) is 10.8 Å². The first-order valence-corrected chi connectivity index (χ1v) is 13.2. The van der Waals surface area contributed by atoms with E-state index in [1.165, 1.54) is 11.1 Å². The Balaban J connectivity index is 1.28. The first kappa shape index (κ1) is 28.1. The first-order chi connectivity index (χ1) is 18.6. The third-order valence-corrected chi connectivity index (χ3v) is 7.44. The third-order valence-electron chi connectivity index (χ3n) is 7.44. The number of benzene rings is 4. The SMILES string of the molecule is COc1ccc(C(C)(C)c2ccc(OCC(O)COc3ccc(C(C)(C)c4ccc(O)cc4)cc3)cc2)cc1. The van der Waals surface area contributed by atoms with Gasteiger partial charge in [-0.25, -0.2) is 0 Å². The number of aliphatic hydroxyl groups is 1. The van der Waals surface area contributed by atoms with E-state index >= 15 is 0 Å². The zero-order chi connectivity index (χ0) is 28.0. The number of aromatic hydroxyl groups is 1. The fourth-order valence-electron chi connectivity index (χ4n) is 4.59. The van der Waals surface area contributed by atoms with E-state index < -0.39 is 6.10 Å². The number of hydrogen-bond donors (Lipinski definition) is 2. The minimum Gasteiger partial charge on any atom is -0.508 e. The quantitative estimate of drug-likeness (QED) is 0.223. The molecule has 0 aliphatic heterocycles. The molecule has 5 heteroatoms. The molecule has 0 saturated carbocycles. The highest BCUT2D eigenvalue weighted by Gasteiger charge is 2.24. The molecule has 4 rings (SSSR count). The predicted octanol–water partition coefficient (Wildman–Crippen LogP) is 6.87. The largest absolute Gasteiger partial charge is 0.508 e. The molecule has 0 saturated heterocycles. The van der Waals surface area contributed by atoms with E-state index in [0.717, 1.165) is 16.9 Å². The Morgan fingerprint density at radius 3 is 1.18 bits per heavy atom. The summed E-state index contributed by atoms with van der Waals surface area (Å²) in [7, 11) is 1.67. The molecule has 0 radical (unpaired) electrons. The summed E-state index contributed by atoms with van der Waals surface area (Å²) in [6.45, 7) is 8.92. The van der Waals surface area contributed by atoms with E-state index in [1.54, 1.807) is 19.2 Å². The monoisotopic (exact) mass is 526 g/mol. The highest BCUT2D eigenvalue weighted by molar-refractivity contribution is 5.43. The molecule has 1 atom stereocenters. The molecule has 2 N–H and O–H groups in total. The summed E-state index contributed by atoms with van der Waals surface area (Å²) in [5, 5.41) is 20.0. The minimum atomic E-state index is -0.770. The normalized spacial score (nSPS) is 12.6. The van der Waals surface area contributed by atoms with Crippen molar-refractivity contribution in [2.75, 3.05) is 20.3 Å². The fraction of sp³-hybridized carbons (Fsp3) is 0.294. The van der Waals surface area contributed by atoms with Crippen molar-refractivity contribution in [3.63, 3.8) is 0 Å². The van der Waals surface area contributed by atoms with Crippen molar-refractivity contribution in [2.24, 2.45) is 0 Å². The number of rotatable bonds is 11. The standard InChI is InChI=1S/C34H38O5/c1-33(2,24-6-14-28(35)15-7-24)26-10-18-31(19-11-26)38-22-29(36)23-39-32-20-12-27(13-21-32)34(3,4)25-8-16-30(37-5)17-9-25/h6-21,29,35-36H,22-23H2,1-5H3. The zero-order valence-electron chi connectivity index (χ0n) is 23.3. The molecular formula is C34H38O5. The van der Waals surface area contributed by atoms with Gasteiger partial charge < -0.3 is 24.4 Å². The Labute approximate surface area is 231 Å². The van der Waals surface area contributed by atoms with Gasteiger partial charge in [0, 0.05) is 10.8 Å². The highest BCUT2D eigenvalue weighted by Crippen LogP contribution is 2.34. The maximum Gasteiger partial charge on any atom is 0.122 e. The van der Waals surface area contributed by atoms with Crippen molar-refractivity contribution in [1.82, 2.24) is 0 Å². The van der Waals surface area contributed by atoms with Gasteiger partial charge in [0.2, 0.25) is 0 Å². The molecule has 0 amide bonds. The van der Waals surface area contributed by atoms with Crippen molar-refractivity contribution < 1.29 is 24.4 Å². The molecule has 204 valence electrons. The molecule has 0 heterocycles. The average Bonchev–Trinajstić information content (AvgIpc) is 2.95. The topological polar surface area (TPSA) is 68.2 Å². The van der Waals surface area contributed by atoms with Gasteiger partial charge >= 0.3 is 0 Å². The average molecular weight is 527 g/mol. The van der Waals surface area contributed by atoms with Crippen molar-refractivity contribution in [3.8, 4) is 23.0 Å². The van der Waals surface area contributed by atoms with E-state index in [2.05, 4.69) is 52.0 Å². The van der Waals surface area contributed by atoms with Gasteiger partial charge in [0.05, 0.1) is 7.11 Å². The van der Waals surface area contributed by atoms with Crippen LogP contribution in [0.4, 0.5) is 0 Å². The Bertz CT molecular complexity index is 1320. The molecular weight excluding hydrogens is 488 g/mol. The number of ether oxygens (including phenoxy) is 3. The molecule has 4 aromatic rings. The lowest BCUT2D eigenvalue weighted by molar-refractivity contribution is 0.0626. The molecule has 0 spiro atoms. The highest BCUT2D eigenvalue weighted by atomic mass is 16.5. The second-order valence-corrected chi connectivity index (χ2v) is 10.8. The van der Waals surface area contributed by atoms with Crippen LogP contribution >= 0.6 is 0 Å². The smallest absolute Gasteiger partial charge is 0.122 e. The second kappa shape index (κ2) is 11.8. The molecule has 0 bridgehead atoms. The van der Waals surface area contributed by atoms with Gasteiger partial charge in [0.1, 0.15) is 42.3 Å². The van der Waals surface area contributed by atoms with E-state index in [-0.39, 0.29) is 29.8 Å². The molecule has 4 aromatic carbocycles. The van der Waals surface area contributed by atoms with Gasteiger partial charge in [0.15, 0.2) is 0 Å². The fourth-order valence-corrected chi connectivity index (χ4v) is 4.59.